The summed E-state index contributed by atoms with van der Waals surface area (Å²) in [5.74, 6) is 0.782. The van der Waals surface area contributed by atoms with Crippen LogP contribution < -0.4 is 5.32 Å². The number of thioether (sulfide) groups is 2. The lowest BCUT2D eigenvalue weighted by Gasteiger charge is -2.14. The SMILES string of the molecule is CCSc1nnc(NC(=O)C(CC)Sc2nc3c(cc2C#N)CCC3)s1. The van der Waals surface area contributed by atoms with E-state index in [1.165, 1.54) is 28.7 Å². The molecule has 0 saturated carbocycles. The first-order chi connectivity index (χ1) is 12.6. The van der Waals surface area contributed by atoms with E-state index in [2.05, 4.69) is 26.6 Å². The third-order valence-electron chi connectivity index (χ3n) is 3.96. The number of hydrogen-bond acceptors (Lipinski definition) is 8. The van der Waals surface area contributed by atoms with Gasteiger partial charge in [-0.05, 0) is 43.1 Å². The highest BCUT2D eigenvalue weighted by Gasteiger charge is 2.24. The zero-order chi connectivity index (χ0) is 18.5. The Labute approximate surface area is 165 Å². The standard InChI is InChI=1S/C17H19N5OS3/c1-3-13(14(23)20-16-21-22-17(26-16)24-4-2)25-15-11(9-18)8-10-6-5-7-12(10)19-15/h8,13H,3-7H2,1-2H3,(H,20,21,23). The van der Waals surface area contributed by atoms with Crippen LogP contribution in [0.25, 0.3) is 0 Å². The maximum Gasteiger partial charge on any atom is 0.239 e. The molecule has 1 aliphatic rings. The molecule has 3 rings (SSSR count). The first kappa shape index (κ1) is 19.1. The van der Waals surface area contributed by atoms with E-state index in [9.17, 15) is 10.1 Å². The Morgan fingerprint density at radius 1 is 1.42 bits per heavy atom. The fourth-order valence-corrected chi connectivity index (χ4v) is 5.36. The minimum atomic E-state index is -0.333. The molecular weight excluding hydrogens is 386 g/mol. The number of carbonyl (C=O) groups excluding carboxylic acids is 1. The summed E-state index contributed by atoms with van der Waals surface area (Å²) in [5.41, 5.74) is 2.78. The molecule has 0 radical (unpaired) electrons. The Bertz CT molecular complexity index is 845. The summed E-state index contributed by atoms with van der Waals surface area (Å²) in [6.45, 7) is 4.00. The van der Waals surface area contributed by atoms with E-state index in [0.29, 0.717) is 22.1 Å². The molecule has 0 saturated heterocycles. The molecule has 1 N–H and O–H groups in total. The van der Waals surface area contributed by atoms with Crippen molar-refractivity contribution in [3.63, 3.8) is 0 Å². The fourth-order valence-electron chi connectivity index (χ4n) is 2.71. The number of anilines is 1. The quantitative estimate of drug-likeness (QED) is 0.551. The summed E-state index contributed by atoms with van der Waals surface area (Å²) in [7, 11) is 0. The van der Waals surface area contributed by atoms with Gasteiger partial charge in [0.2, 0.25) is 11.0 Å². The molecule has 1 atom stereocenters. The fraction of sp³-hybridized carbons (Fsp3) is 0.471. The summed E-state index contributed by atoms with van der Waals surface area (Å²) in [5, 5.41) is 21.2. The van der Waals surface area contributed by atoms with Gasteiger partial charge in [-0.2, -0.15) is 5.26 Å². The molecule has 0 fully saturated rings. The van der Waals surface area contributed by atoms with Crippen molar-refractivity contribution in [2.45, 2.75) is 54.1 Å². The number of amides is 1. The first-order valence-corrected chi connectivity index (χ1v) is 11.2. The van der Waals surface area contributed by atoms with Crippen molar-refractivity contribution in [3.05, 3.63) is 22.9 Å². The number of aryl methyl sites for hydroxylation is 2. The van der Waals surface area contributed by atoms with Crippen molar-refractivity contribution in [2.24, 2.45) is 0 Å². The second-order valence-electron chi connectivity index (χ2n) is 5.72. The number of fused-ring (bicyclic) bond motifs is 1. The highest BCUT2D eigenvalue weighted by Crippen LogP contribution is 2.32. The minimum absolute atomic E-state index is 0.132. The molecule has 136 valence electrons. The van der Waals surface area contributed by atoms with E-state index in [-0.39, 0.29) is 11.2 Å². The highest BCUT2D eigenvalue weighted by atomic mass is 32.2. The molecule has 1 aliphatic carbocycles. The molecule has 9 heteroatoms. The van der Waals surface area contributed by atoms with Crippen LogP contribution in [0.1, 0.15) is 43.5 Å². The van der Waals surface area contributed by atoms with E-state index in [0.717, 1.165) is 35.0 Å². The largest absolute Gasteiger partial charge is 0.300 e. The Morgan fingerprint density at radius 3 is 3.00 bits per heavy atom. The Kier molecular flexibility index (Phi) is 6.51. The van der Waals surface area contributed by atoms with Gasteiger partial charge in [0.25, 0.3) is 0 Å². The van der Waals surface area contributed by atoms with E-state index in [4.69, 9.17) is 0 Å². The Hall–Kier alpha value is -1.63. The number of carbonyl (C=O) groups is 1. The van der Waals surface area contributed by atoms with E-state index in [1.54, 1.807) is 11.8 Å². The minimum Gasteiger partial charge on any atom is -0.300 e. The van der Waals surface area contributed by atoms with E-state index < -0.39 is 0 Å². The van der Waals surface area contributed by atoms with Crippen LogP contribution in [0.4, 0.5) is 5.13 Å². The Morgan fingerprint density at radius 2 is 2.27 bits per heavy atom. The molecule has 2 heterocycles. The van der Waals surface area contributed by atoms with Gasteiger partial charge in [0.1, 0.15) is 11.1 Å². The lowest BCUT2D eigenvalue weighted by molar-refractivity contribution is -0.115. The number of pyridine rings is 1. The van der Waals surface area contributed by atoms with Gasteiger partial charge in [0.15, 0.2) is 4.34 Å². The second-order valence-corrected chi connectivity index (χ2v) is 9.40. The van der Waals surface area contributed by atoms with Gasteiger partial charge < -0.3 is 0 Å². The molecule has 1 amide bonds. The molecule has 0 aromatic carbocycles. The maximum absolute atomic E-state index is 12.6. The third-order valence-corrected chi connectivity index (χ3v) is 7.18. The zero-order valence-electron chi connectivity index (χ0n) is 14.6. The van der Waals surface area contributed by atoms with Crippen LogP contribution in [0.3, 0.4) is 0 Å². The molecule has 26 heavy (non-hydrogen) atoms. The maximum atomic E-state index is 12.6. The van der Waals surface area contributed by atoms with E-state index >= 15 is 0 Å². The van der Waals surface area contributed by atoms with Crippen molar-refractivity contribution < 1.29 is 4.79 Å². The molecule has 0 bridgehead atoms. The number of hydrogen-bond donors (Lipinski definition) is 1. The molecule has 2 aromatic rings. The van der Waals surface area contributed by atoms with Gasteiger partial charge in [0.05, 0.1) is 10.8 Å². The van der Waals surface area contributed by atoms with Crippen molar-refractivity contribution in [1.29, 1.82) is 5.26 Å². The van der Waals surface area contributed by atoms with Crippen LogP contribution in [0.2, 0.25) is 0 Å². The predicted octanol–water partition coefficient (Wildman–Crippen LogP) is 3.91. The Balaban J connectivity index is 1.72. The summed E-state index contributed by atoms with van der Waals surface area (Å²) < 4.78 is 0.843. The number of nitrogens with zero attached hydrogens (tertiary/aromatic N) is 4. The zero-order valence-corrected chi connectivity index (χ0v) is 17.1. The highest BCUT2D eigenvalue weighted by molar-refractivity contribution is 8.01. The summed E-state index contributed by atoms with van der Waals surface area (Å²) in [6.07, 6.45) is 3.64. The number of aromatic nitrogens is 3. The van der Waals surface area contributed by atoms with E-state index in [1.807, 2.05) is 19.9 Å². The number of nitriles is 1. The van der Waals surface area contributed by atoms with Gasteiger partial charge >= 0.3 is 0 Å². The molecule has 0 aliphatic heterocycles. The van der Waals surface area contributed by atoms with Gasteiger partial charge in [-0.15, -0.1) is 10.2 Å². The molecule has 2 aromatic heterocycles. The average molecular weight is 406 g/mol. The monoisotopic (exact) mass is 405 g/mol. The molecular formula is C17H19N5OS3. The number of rotatable bonds is 7. The van der Waals surface area contributed by atoms with Crippen molar-refractivity contribution in [1.82, 2.24) is 15.2 Å². The predicted molar refractivity (Wildman–Crippen MR) is 106 cm³/mol. The van der Waals surface area contributed by atoms with Crippen LogP contribution in [-0.2, 0) is 17.6 Å². The van der Waals surface area contributed by atoms with Crippen LogP contribution in [0.15, 0.2) is 15.4 Å². The topological polar surface area (TPSA) is 91.6 Å². The summed E-state index contributed by atoms with van der Waals surface area (Å²) in [6, 6.07) is 4.15. The van der Waals surface area contributed by atoms with Crippen molar-refractivity contribution in [2.75, 3.05) is 11.1 Å². The third kappa shape index (κ3) is 4.37. The second kappa shape index (κ2) is 8.84. The smallest absolute Gasteiger partial charge is 0.239 e. The van der Waals surface area contributed by atoms with Crippen LogP contribution in [-0.4, -0.2) is 32.1 Å². The van der Waals surface area contributed by atoms with Gasteiger partial charge in [0, 0.05) is 5.69 Å². The van der Waals surface area contributed by atoms with Crippen molar-refractivity contribution in [3.8, 4) is 6.07 Å². The molecule has 0 spiro atoms. The summed E-state index contributed by atoms with van der Waals surface area (Å²) >= 11 is 4.33. The average Bonchev–Trinajstić information content (AvgIpc) is 3.27. The summed E-state index contributed by atoms with van der Waals surface area (Å²) in [4.78, 5) is 17.3. The molecule has 6 nitrogen and oxygen atoms in total. The lowest BCUT2D eigenvalue weighted by atomic mass is 10.2. The van der Waals surface area contributed by atoms with Gasteiger partial charge in [-0.25, -0.2) is 4.98 Å². The van der Waals surface area contributed by atoms with Crippen molar-refractivity contribution >= 4 is 45.9 Å². The lowest BCUT2D eigenvalue weighted by Crippen LogP contribution is -2.24. The normalized spacial score (nSPS) is 13.9. The van der Waals surface area contributed by atoms with Gasteiger partial charge in [-0.1, -0.05) is 48.7 Å². The van der Waals surface area contributed by atoms with Gasteiger partial charge in [-0.3, -0.25) is 10.1 Å². The van der Waals surface area contributed by atoms with Crippen LogP contribution >= 0.6 is 34.9 Å². The van der Waals surface area contributed by atoms with Crippen LogP contribution in [0, 0.1) is 11.3 Å². The number of nitrogens with one attached hydrogen (secondary N) is 1. The molecule has 1 unspecified atom stereocenters. The van der Waals surface area contributed by atoms with Crippen LogP contribution in [0.5, 0.6) is 0 Å². The first-order valence-electron chi connectivity index (χ1n) is 8.51.